The molecule has 3 nitrogen and oxygen atoms in total. The van der Waals surface area contributed by atoms with Crippen molar-refractivity contribution in [1.29, 1.82) is 0 Å². The molecule has 0 saturated carbocycles. The summed E-state index contributed by atoms with van der Waals surface area (Å²) >= 11 is 1.86. The highest BCUT2D eigenvalue weighted by atomic mass is 32.1. The van der Waals surface area contributed by atoms with E-state index < -0.39 is 0 Å². The Labute approximate surface area is 143 Å². The molecule has 1 aromatic carbocycles. The fourth-order valence-corrected chi connectivity index (χ4v) is 3.99. The summed E-state index contributed by atoms with van der Waals surface area (Å²) in [5.41, 5.74) is 2.56. The van der Waals surface area contributed by atoms with Crippen molar-refractivity contribution in [2.24, 2.45) is 0 Å². The van der Waals surface area contributed by atoms with Gasteiger partial charge in [0.2, 0.25) is 0 Å². The minimum absolute atomic E-state index is 0.110. The lowest BCUT2D eigenvalue weighted by molar-refractivity contribution is 0.0793. The van der Waals surface area contributed by atoms with Crippen LogP contribution < -0.4 is 5.32 Å². The maximum absolute atomic E-state index is 9.66. The number of aliphatic hydroxyl groups is 1. The molecule has 0 spiro atoms. The predicted molar refractivity (Wildman–Crippen MR) is 98.1 cm³/mol. The lowest BCUT2D eigenvalue weighted by Crippen LogP contribution is -2.35. The topological polar surface area (TPSA) is 35.5 Å². The van der Waals surface area contributed by atoms with Crippen LogP contribution in [-0.2, 0) is 6.54 Å². The van der Waals surface area contributed by atoms with Crippen LogP contribution in [0.3, 0.4) is 0 Å². The molecule has 1 unspecified atom stereocenters. The molecule has 1 aliphatic rings. The van der Waals surface area contributed by atoms with E-state index in [4.69, 9.17) is 0 Å². The van der Waals surface area contributed by atoms with E-state index in [9.17, 15) is 5.11 Å². The number of hydrogen-bond acceptors (Lipinski definition) is 4. The van der Waals surface area contributed by atoms with Crippen LogP contribution in [0.2, 0.25) is 0 Å². The van der Waals surface area contributed by atoms with Crippen molar-refractivity contribution < 1.29 is 5.11 Å². The molecule has 1 aliphatic heterocycles. The van der Waals surface area contributed by atoms with Gasteiger partial charge in [-0.2, -0.15) is 0 Å². The maximum atomic E-state index is 9.66. The molecule has 124 valence electrons. The Morgan fingerprint density at radius 1 is 1.22 bits per heavy atom. The number of aryl methyl sites for hydroxylation is 1. The average molecular weight is 330 g/mol. The van der Waals surface area contributed by atoms with Crippen molar-refractivity contribution in [1.82, 2.24) is 4.90 Å². The van der Waals surface area contributed by atoms with Gasteiger partial charge in [0.05, 0.1) is 12.1 Å². The van der Waals surface area contributed by atoms with Crippen LogP contribution in [0.15, 0.2) is 36.4 Å². The third kappa shape index (κ3) is 4.34. The molecule has 1 saturated heterocycles. The molecular formula is C19H26N2OS. The molecule has 2 aromatic rings. The van der Waals surface area contributed by atoms with Gasteiger partial charge in [0.25, 0.3) is 0 Å². The Kier molecular flexibility index (Phi) is 5.36. The number of nitrogens with zero attached hydrogens (tertiary/aromatic N) is 1. The lowest BCUT2D eigenvalue weighted by Gasteiger charge is -2.30. The maximum Gasteiger partial charge on any atom is 0.0578 e. The molecule has 0 bridgehead atoms. The van der Waals surface area contributed by atoms with Crippen LogP contribution in [0.1, 0.15) is 41.1 Å². The number of likely N-dealkylation sites (tertiary alicyclic amines) is 1. The summed E-state index contributed by atoms with van der Waals surface area (Å²) in [5, 5.41) is 13.3. The molecular weight excluding hydrogens is 304 g/mol. The molecule has 0 aliphatic carbocycles. The molecule has 0 amide bonds. The number of benzene rings is 1. The van der Waals surface area contributed by atoms with Gasteiger partial charge in [-0.05, 0) is 50.5 Å². The Balaban J connectivity index is 1.68. The predicted octanol–water partition coefficient (Wildman–Crippen LogP) is 4.19. The minimum Gasteiger partial charge on any atom is -0.393 e. The Bertz CT molecular complexity index is 632. The normalized spacial score (nSPS) is 18.0. The minimum atomic E-state index is -0.110. The Morgan fingerprint density at radius 3 is 2.65 bits per heavy atom. The SMILES string of the molecule is Cc1ccc(C(C)Nc2ccccc2CN2CCC(O)CC2)s1. The molecule has 23 heavy (non-hydrogen) atoms. The van der Waals surface area contributed by atoms with Gasteiger partial charge in [0.1, 0.15) is 0 Å². The van der Waals surface area contributed by atoms with E-state index in [1.165, 1.54) is 21.0 Å². The van der Waals surface area contributed by atoms with E-state index in [1.54, 1.807) is 0 Å². The zero-order valence-electron chi connectivity index (χ0n) is 14.0. The van der Waals surface area contributed by atoms with Crippen LogP contribution in [0.25, 0.3) is 0 Å². The van der Waals surface area contributed by atoms with Crippen molar-refractivity contribution in [3.63, 3.8) is 0 Å². The number of hydrogen-bond donors (Lipinski definition) is 2. The monoisotopic (exact) mass is 330 g/mol. The van der Waals surface area contributed by atoms with Crippen LogP contribution in [0.4, 0.5) is 5.69 Å². The van der Waals surface area contributed by atoms with Crippen molar-refractivity contribution in [3.8, 4) is 0 Å². The highest BCUT2D eigenvalue weighted by molar-refractivity contribution is 7.12. The number of rotatable bonds is 5. The van der Waals surface area contributed by atoms with Crippen molar-refractivity contribution >= 4 is 17.0 Å². The summed E-state index contributed by atoms with van der Waals surface area (Å²) in [5.74, 6) is 0. The molecule has 0 radical (unpaired) electrons. The summed E-state index contributed by atoms with van der Waals surface area (Å²) in [4.78, 5) is 5.17. The summed E-state index contributed by atoms with van der Waals surface area (Å²) in [7, 11) is 0. The van der Waals surface area contributed by atoms with E-state index >= 15 is 0 Å². The third-order valence-corrected chi connectivity index (χ3v) is 5.71. The fraction of sp³-hybridized carbons (Fsp3) is 0.474. The van der Waals surface area contributed by atoms with E-state index in [1.807, 2.05) is 11.3 Å². The first-order valence-corrected chi connectivity index (χ1v) is 9.24. The lowest BCUT2D eigenvalue weighted by atomic mass is 10.1. The number of aliphatic hydroxyl groups excluding tert-OH is 1. The molecule has 2 heterocycles. The van der Waals surface area contributed by atoms with Crippen LogP contribution in [0.5, 0.6) is 0 Å². The number of anilines is 1. The zero-order valence-corrected chi connectivity index (χ0v) is 14.8. The van der Waals surface area contributed by atoms with Crippen LogP contribution in [0, 0.1) is 6.92 Å². The van der Waals surface area contributed by atoms with Gasteiger partial charge in [-0.15, -0.1) is 11.3 Å². The summed E-state index contributed by atoms with van der Waals surface area (Å²) in [6.45, 7) is 7.29. The first-order valence-electron chi connectivity index (χ1n) is 8.43. The van der Waals surface area contributed by atoms with Crippen LogP contribution >= 0.6 is 11.3 Å². The Morgan fingerprint density at radius 2 is 1.96 bits per heavy atom. The summed E-state index contributed by atoms with van der Waals surface area (Å²) in [6.07, 6.45) is 1.67. The number of nitrogens with one attached hydrogen (secondary N) is 1. The van der Waals surface area contributed by atoms with Gasteiger partial charge in [0.15, 0.2) is 0 Å². The molecule has 1 fully saturated rings. The highest BCUT2D eigenvalue weighted by Crippen LogP contribution is 2.28. The standard InChI is InChI=1S/C19H26N2OS/c1-14-7-8-19(23-14)15(2)20-18-6-4-3-5-16(18)13-21-11-9-17(22)10-12-21/h3-8,15,17,20,22H,9-13H2,1-2H3. The van der Waals surface area contributed by atoms with Crippen LogP contribution in [-0.4, -0.2) is 29.2 Å². The van der Waals surface area contributed by atoms with E-state index in [-0.39, 0.29) is 6.10 Å². The fourth-order valence-electron chi connectivity index (χ4n) is 3.11. The first kappa shape index (κ1) is 16.5. The van der Waals surface area contributed by atoms with Gasteiger partial charge in [-0.25, -0.2) is 0 Å². The van der Waals surface area contributed by atoms with Gasteiger partial charge < -0.3 is 10.4 Å². The Hall–Kier alpha value is -1.36. The number of para-hydroxylation sites is 1. The summed E-state index contributed by atoms with van der Waals surface area (Å²) < 4.78 is 0. The molecule has 2 N–H and O–H groups in total. The summed E-state index contributed by atoms with van der Waals surface area (Å²) in [6, 6.07) is 13.3. The van der Waals surface area contributed by atoms with Crippen molar-refractivity contribution in [2.75, 3.05) is 18.4 Å². The second-order valence-corrected chi connectivity index (χ2v) is 7.80. The zero-order chi connectivity index (χ0) is 16.2. The second-order valence-electron chi connectivity index (χ2n) is 6.48. The molecule has 1 atom stereocenters. The van der Waals surface area contributed by atoms with E-state index in [0.717, 1.165) is 32.5 Å². The number of piperidine rings is 1. The van der Waals surface area contributed by atoms with Crippen molar-refractivity contribution in [3.05, 3.63) is 51.7 Å². The van der Waals surface area contributed by atoms with Gasteiger partial charge >= 0.3 is 0 Å². The van der Waals surface area contributed by atoms with Crippen molar-refractivity contribution in [2.45, 2.75) is 45.4 Å². The van der Waals surface area contributed by atoms with Gasteiger partial charge in [-0.3, -0.25) is 4.90 Å². The first-order chi connectivity index (χ1) is 11.1. The quantitative estimate of drug-likeness (QED) is 0.863. The van der Waals surface area contributed by atoms with E-state index in [0.29, 0.717) is 6.04 Å². The van der Waals surface area contributed by atoms with Gasteiger partial charge in [0, 0.05) is 35.1 Å². The molecule has 1 aromatic heterocycles. The smallest absolute Gasteiger partial charge is 0.0578 e. The highest BCUT2D eigenvalue weighted by Gasteiger charge is 2.18. The molecule has 4 heteroatoms. The van der Waals surface area contributed by atoms with E-state index in [2.05, 4.69) is 60.5 Å². The number of thiophene rings is 1. The van der Waals surface area contributed by atoms with Gasteiger partial charge in [-0.1, -0.05) is 18.2 Å². The third-order valence-electron chi connectivity index (χ3n) is 4.53. The average Bonchev–Trinajstić information content (AvgIpc) is 2.98. The molecule has 3 rings (SSSR count). The largest absolute Gasteiger partial charge is 0.393 e. The second kappa shape index (κ2) is 7.47.